The Bertz CT molecular complexity index is 715. The number of nitrogen functional groups attached to an aromatic ring is 1. The number of nitrogens with two attached hydrogens (primary N) is 1. The molecule has 24 heavy (non-hydrogen) atoms. The molecule has 2 amide bonds. The molecule has 0 radical (unpaired) electrons. The Morgan fingerprint density at radius 3 is 2.79 bits per heavy atom. The highest BCUT2D eigenvalue weighted by molar-refractivity contribution is 5.91. The van der Waals surface area contributed by atoms with Gasteiger partial charge in [-0.05, 0) is 36.3 Å². The molecule has 128 valence electrons. The van der Waals surface area contributed by atoms with E-state index < -0.39 is 6.03 Å². The third-order valence-corrected chi connectivity index (χ3v) is 2.71. The average Bonchev–Trinajstić information content (AvgIpc) is 2.95. The van der Waals surface area contributed by atoms with E-state index in [4.69, 9.17) is 15.2 Å². The van der Waals surface area contributed by atoms with Crippen LogP contribution in [0.5, 0.6) is 11.5 Å². The van der Waals surface area contributed by atoms with E-state index in [2.05, 4.69) is 30.8 Å². The van der Waals surface area contributed by atoms with Crippen molar-refractivity contribution >= 4 is 23.9 Å². The number of anilines is 2. The molecule has 0 spiro atoms. The molecule has 0 bridgehead atoms. The van der Waals surface area contributed by atoms with Crippen molar-refractivity contribution in [2.75, 3.05) is 24.3 Å². The van der Waals surface area contributed by atoms with Crippen LogP contribution in [0.3, 0.4) is 0 Å². The van der Waals surface area contributed by atoms with Crippen LogP contribution in [0.1, 0.15) is 19.4 Å². The van der Waals surface area contributed by atoms with E-state index in [-0.39, 0.29) is 11.6 Å². The van der Waals surface area contributed by atoms with Gasteiger partial charge < -0.3 is 15.2 Å². The number of benzene rings is 1. The lowest BCUT2D eigenvalue weighted by Gasteiger charge is -2.10. The largest absolute Gasteiger partial charge is 0.494 e. The number of carbonyl (C=O) groups excluding carboxylic acids is 1. The molecule has 10 nitrogen and oxygen atoms in total. The summed E-state index contributed by atoms with van der Waals surface area (Å²) in [5.41, 5.74) is 8.38. The minimum atomic E-state index is -0.641. The second kappa shape index (κ2) is 8.36. The quantitative estimate of drug-likeness (QED) is 0.516. The number of hydrazone groups is 1. The van der Waals surface area contributed by atoms with Crippen molar-refractivity contribution in [2.24, 2.45) is 5.10 Å². The molecule has 0 aliphatic rings. The Hall–Kier alpha value is -3.30. The van der Waals surface area contributed by atoms with Gasteiger partial charge in [0.25, 0.3) is 0 Å². The molecule has 1 aromatic carbocycles. The highest BCUT2D eigenvalue weighted by Gasteiger charge is 2.09. The Labute approximate surface area is 138 Å². The van der Waals surface area contributed by atoms with E-state index in [1.165, 1.54) is 6.21 Å². The number of nitrogens with zero attached hydrogens (tertiary/aromatic N) is 3. The molecule has 0 unspecified atom stereocenters. The lowest BCUT2D eigenvalue weighted by atomic mass is 10.2. The maximum Gasteiger partial charge on any atom is 0.340 e. The van der Waals surface area contributed by atoms with Crippen LogP contribution in [0.15, 0.2) is 27.9 Å². The summed E-state index contributed by atoms with van der Waals surface area (Å²) in [5.74, 6) is 1.27. The Morgan fingerprint density at radius 1 is 1.33 bits per heavy atom. The molecule has 0 fully saturated rings. The second-order valence-electron chi connectivity index (χ2n) is 4.39. The van der Waals surface area contributed by atoms with Crippen LogP contribution in [0.25, 0.3) is 0 Å². The zero-order chi connectivity index (χ0) is 17.4. The van der Waals surface area contributed by atoms with Gasteiger partial charge in [-0.1, -0.05) is 0 Å². The van der Waals surface area contributed by atoms with Crippen molar-refractivity contribution in [1.29, 1.82) is 0 Å². The molecular weight excluding hydrogens is 316 g/mol. The maximum atomic E-state index is 11.7. The van der Waals surface area contributed by atoms with Crippen LogP contribution in [0.2, 0.25) is 0 Å². The monoisotopic (exact) mass is 334 g/mol. The number of urea groups is 1. The van der Waals surface area contributed by atoms with Crippen molar-refractivity contribution in [1.82, 2.24) is 15.7 Å². The summed E-state index contributed by atoms with van der Waals surface area (Å²) in [7, 11) is 0. The molecule has 4 N–H and O–H groups in total. The third kappa shape index (κ3) is 4.60. The van der Waals surface area contributed by atoms with Crippen molar-refractivity contribution in [3.63, 3.8) is 0 Å². The third-order valence-electron chi connectivity index (χ3n) is 2.71. The van der Waals surface area contributed by atoms with Gasteiger partial charge in [-0.15, -0.1) is 0 Å². The van der Waals surface area contributed by atoms with E-state index in [1.54, 1.807) is 18.2 Å². The lowest BCUT2D eigenvalue weighted by molar-refractivity contribution is 0.252. The smallest absolute Gasteiger partial charge is 0.340 e. The van der Waals surface area contributed by atoms with E-state index in [0.717, 1.165) is 0 Å². The minimum absolute atomic E-state index is 0.0128. The fourth-order valence-corrected chi connectivity index (χ4v) is 1.74. The van der Waals surface area contributed by atoms with E-state index in [9.17, 15) is 4.79 Å². The molecule has 10 heteroatoms. The normalized spacial score (nSPS) is 10.6. The number of carbonyl (C=O) groups is 1. The summed E-state index contributed by atoms with van der Waals surface area (Å²) >= 11 is 0. The lowest BCUT2D eigenvalue weighted by Crippen LogP contribution is -2.24. The molecule has 2 rings (SSSR count). The van der Waals surface area contributed by atoms with Crippen LogP contribution in [-0.4, -0.2) is 35.8 Å². The summed E-state index contributed by atoms with van der Waals surface area (Å²) in [6, 6.07) is 4.68. The summed E-state index contributed by atoms with van der Waals surface area (Å²) in [4.78, 5) is 11.7. The fraction of sp³-hybridized carbons (Fsp3) is 0.286. The van der Waals surface area contributed by atoms with Gasteiger partial charge in [0.15, 0.2) is 0 Å². The van der Waals surface area contributed by atoms with Gasteiger partial charge in [-0.3, -0.25) is 5.32 Å². The Morgan fingerprint density at radius 2 is 2.12 bits per heavy atom. The second-order valence-corrected chi connectivity index (χ2v) is 4.39. The maximum absolute atomic E-state index is 11.7. The van der Waals surface area contributed by atoms with Crippen LogP contribution in [0.4, 0.5) is 16.4 Å². The summed E-state index contributed by atoms with van der Waals surface area (Å²) in [6.45, 7) is 4.81. The van der Waals surface area contributed by atoms with Gasteiger partial charge in [0.1, 0.15) is 11.5 Å². The number of nitrogens with one attached hydrogen (secondary N) is 2. The highest BCUT2D eigenvalue weighted by atomic mass is 16.6. The first kappa shape index (κ1) is 17.1. The first-order chi connectivity index (χ1) is 11.6. The number of aromatic nitrogens is 2. The van der Waals surface area contributed by atoms with Crippen LogP contribution in [0, 0.1) is 0 Å². The first-order valence-electron chi connectivity index (χ1n) is 7.21. The van der Waals surface area contributed by atoms with Crippen LogP contribution in [-0.2, 0) is 0 Å². The van der Waals surface area contributed by atoms with Crippen LogP contribution < -0.4 is 25.9 Å². The standard InChI is InChI=1S/C14H18N6O4/c1-3-22-10-6-5-9(11(7-10)23-4-2)8-16-18-14(21)17-13-12(15)19-24-20-13/h5-8H,3-4H2,1-2H3,(H2,15,19)(H2,17,18,20,21)/b16-8+. The summed E-state index contributed by atoms with van der Waals surface area (Å²) < 4.78 is 15.3. The molecule has 2 aromatic rings. The summed E-state index contributed by atoms with van der Waals surface area (Å²) in [5, 5.41) is 12.9. The van der Waals surface area contributed by atoms with Gasteiger partial charge in [0.05, 0.1) is 19.4 Å². The number of amides is 2. The fourth-order valence-electron chi connectivity index (χ4n) is 1.74. The Kier molecular flexibility index (Phi) is 5.95. The topological polar surface area (TPSA) is 137 Å². The number of hydrogen-bond acceptors (Lipinski definition) is 8. The molecule has 1 aromatic heterocycles. The van der Waals surface area contributed by atoms with Crippen molar-refractivity contribution in [3.8, 4) is 11.5 Å². The first-order valence-corrected chi connectivity index (χ1v) is 7.21. The zero-order valence-electron chi connectivity index (χ0n) is 13.3. The molecule has 1 heterocycles. The Balaban J connectivity index is 1.99. The van der Waals surface area contributed by atoms with Crippen molar-refractivity contribution in [2.45, 2.75) is 13.8 Å². The van der Waals surface area contributed by atoms with Crippen molar-refractivity contribution < 1.29 is 18.9 Å². The molecule has 0 atom stereocenters. The van der Waals surface area contributed by atoms with E-state index in [1.807, 2.05) is 13.8 Å². The summed E-state index contributed by atoms with van der Waals surface area (Å²) in [6.07, 6.45) is 1.45. The number of ether oxygens (including phenoxy) is 2. The average molecular weight is 334 g/mol. The number of hydrogen-bond donors (Lipinski definition) is 3. The molecule has 0 aliphatic carbocycles. The van der Waals surface area contributed by atoms with Gasteiger partial charge in [-0.25, -0.2) is 14.8 Å². The minimum Gasteiger partial charge on any atom is -0.494 e. The zero-order valence-corrected chi connectivity index (χ0v) is 13.3. The van der Waals surface area contributed by atoms with Gasteiger partial charge in [0, 0.05) is 11.6 Å². The van der Waals surface area contributed by atoms with Gasteiger partial charge in [-0.2, -0.15) is 5.10 Å². The van der Waals surface area contributed by atoms with Crippen LogP contribution >= 0.6 is 0 Å². The van der Waals surface area contributed by atoms with E-state index >= 15 is 0 Å². The van der Waals surface area contributed by atoms with E-state index in [0.29, 0.717) is 30.3 Å². The SMILES string of the molecule is CCOc1ccc(/C=N/NC(=O)Nc2nonc2N)c(OCC)c1. The molecule has 0 aliphatic heterocycles. The molecule has 0 saturated heterocycles. The molecular formula is C14H18N6O4. The van der Waals surface area contributed by atoms with Gasteiger partial charge >= 0.3 is 6.03 Å². The predicted molar refractivity (Wildman–Crippen MR) is 87.2 cm³/mol. The van der Waals surface area contributed by atoms with Crippen molar-refractivity contribution in [3.05, 3.63) is 23.8 Å². The molecule has 0 saturated carbocycles. The predicted octanol–water partition coefficient (Wildman–Crippen LogP) is 1.60. The number of rotatable bonds is 7. The van der Waals surface area contributed by atoms with Gasteiger partial charge in [0.2, 0.25) is 11.6 Å². The highest BCUT2D eigenvalue weighted by Crippen LogP contribution is 2.23.